The van der Waals surface area contributed by atoms with Crippen LogP contribution < -0.4 is 5.32 Å². The third-order valence-electron chi connectivity index (χ3n) is 6.04. The van der Waals surface area contributed by atoms with Crippen LogP contribution in [0.2, 0.25) is 0 Å². The second-order valence-corrected chi connectivity index (χ2v) is 8.45. The zero-order chi connectivity index (χ0) is 23.5. The van der Waals surface area contributed by atoms with Crippen LogP contribution in [0.1, 0.15) is 41.0 Å². The molecule has 0 saturated carbocycles. The molecule has 0 aliphatic carbocycles. The molecule has 1 fully saturated rings. The van der Waals surface area contributed by atoms with Gasteiger partial charge in [0.05, 0.1) is 11.2 Å². The van der Waals surface area contributed by atoms with Crippen molar-refractivity contribution in [3.05, 3.63) is 89.7 Å². The van der Waals surface area contributed by atoms with E-state index in [1.165, 1.54) is 25.0 Å². The molecule has 2 aromatic carbocycles. The third-order valence-corrected chi connectivity index (χ3v) is 6.04. The van der Waals surface area contributed by atoms with Crippen molar-refractivity contribution < 1.29 is 13.6 Å². The Kier molecular flexibility index (Phi) is 6.27. The second kappa shape index (κ2) is 9.65. The van der Waals surface area contributed by atoms with Crippen molar-refractivity contribution in [2.24, 2.45) is 0 Å². The summed E-state index contributed by atoms with van der Waals surface area (Å²) < 4.78 is 26.4. The van der Waals surface area contributed by atoms with Gasteiger partial charge in [0, 0.05) is 23.1 Å². The number of pyridine rings is 2. The van der Waals surface area contributed by atoms with Gasteiger partial charge in [-0.1, -0.05) is 48.5 Å². The van der Waals surface area contributed by atoms with Gasteiger partial charge in [-0.25, -0.2) is 18.7 Å². The van der Waals surface area contributed by atoms with E-state index in [-0.39, 0.29) is 17.2 Å². The van der Waals surface area contributed by atoms with Crippen LogP contribution in [0.4, 0.5) is 14.6 Å². The molecule has 5 rings (SSSR count). The number of fused-ring (bicyclic) bond motifs is 1. The highest BCUT2D eigenvalue weighted by atomic mass is 19.3. The number of aromatic nitrogens is 2. The fourth-order valence-corrected chi connectivity index (χ4v) is 4.34. The molecule has 0 spiro atoms. The van der Waals surface area contributed by atoms with Gasteiger partial charge in [-0.3, -0.25) is 9.69 Å². The van der Waals surface area contributed by atoms with Crippen LogP contribution >= 0.6 is 0 Å². The average molecular weight is 459 g/mol. The van der Waals surface area contributed by atoms with E-state index in [0.29, 0.717) is 22.5 Å². The minimum absolute atomic E-state index is 0.0525. The molecule has 1 saturated heterocycles. The quantitative estimate of drug-likeness (QED) is 0.380. The summed E-state index contributed by atoms with van der Waals surface area (Å²) in [6.45, 7) is 2.91. The molecule has 0 bridgehead atoms. The highest BCUT2D eigenvalue weighted by molar-refractivity contribution is 6.04. The Labute approximate surface area is 196 Å². The normalized spacial score (nSPS) is 14.1. The van der Waals surface area contributed by atoms with Gasteiger partial charge in [0.1, 0.15) is 11.5 Å². The summed E-state index contributed by atoms with van der Waals surface area (Å²) in [6.07, 6.45) is -0.144. The van der Waals surface area contributed by atoms with E-state index >= 15 is 0 Å². The molecule has 1 aliphatic heterocycles. The molecule has 1 amide bonds. The Bertz CT molecular complexity index is 1340. The lowest BCUT2D eigenvalue weighted by Crippen LogP contribution is -2.20. The fourth-order valence-electron chi connectivity index (χ4n) is 4.34. The smallest absolute Gasteiger partial charge is 0.275 e. The van der Waals surface area contributed by atoms with Gasteiger partial charge in [-0.15, -0.1) is 0 Å². The molecule has 0 radical (unpaired) electrons. The maximum atomic E-state index is 13.2. The van der Waals surface area contributed by atoms with Crippen LogP contribution in [0, 0.1) is 0 Å². The number of anilines is 1. The van der Waals surface area contributed by atoms with Gasteiger partial charge in [-0.2, -0.15) is 0 Å². The van der Waals surface area contributed by atoms with Crippen LogP contribution in [-0.4, -0.2) is 33.9 Å². The van der Waals surface area contributed by atoms with E-state index < -0.39 is 6.43 Å². The lowest BCUT2D eigenvalue weighted by Gasteiger charge is -2.14. The van der Waals surface area contributed by atoms with Crippen molar-refractivity contribution in [1.82, 2.24) is 14.9 Å². The van der Waals surface area contributed by atoms with Crippen LogP contribution in [0.3, 0.4) is 0 Å². The Morgan fingerprint density at radius 1 is 0.941 bits per heavy atom. The Morgan fingerprint density at radius 3 is 2.56 bits per heavy atom. The zero-order valence-electron chi connectivity index (χ0n) is 18.5. The summed E-state index contributed by atoms with van der Waals surface area (Å²) in [4.78, 5) is 24.5. The summed E-state index contributed by atoms with van der Waals surface area (Å²) in [5.74, 6) is 0.102. The Balaban J connectivity index is 1.41. The van der Waals surface area contributed by atoms with Crippen molar-refractivity contribution in [2.45, 2.75) is 25.8 Å². The number of alkyl halides is 2. The van der Waals surface area contributed by atoms with E-state index in [1.54, 1.807) is 24.3 Å². The summed E-state index contributed by atoms with van der Waals surface area (Å²) in [5, 5.41) is 3.66. The summed E-state index contributed by atoms with van der Waals surface area (Å²) in [6, 6.07) is 20.9. The number of nitrogens with one attached hydrogen (secondary N) is 1. The molecule has 5 nitrogen and oxygen atoms in total. The number of rotatable bonds is 6. The average Bonchev–Trinajstić information content (AvgIpc) is 3.36. The van der Waals surface area contributed by atoms with E-state index in [0.717, 1.165) is 30.7 Å². The van der Waals surface area contributed by atoms with Crippen molar-refractivity contribution in [3.63, 3.8) is 0 Å². The maximum absolute atomic E-state index is 13.2. The second-order valence-electron chi connectivity index (χ2n) is 8.45. The predicted octanol–water partition coefficient (Wildman–Crippen LogP) is 6.08. The number of para-hydroxylation sites is 1. The van der Waals surface area contributed by atoms with Crippen molar-refractivity contribution in [1.29, 1.82) is 0 Å². The molecule has 34 heavy (non-hydrogen) atoms. The first-order chi connectivity index (χ1) is 16.6. The Hall–Kier alpha value is -3.71. The number of amides is 1. The lowest BCUT2D eigenvalue weighted by atomic mass is 10.00. The number of carbonyl (C=O) groups excluding carboxylic acids is 1. The maximum Gasteiger partial charge on any atom is 0.275 e. The first-order valence-corrected chi connectivity index (χ1v) is 11.3. The van der Waals surface area contributed by atoms with E-state index in [2.05, 4.69) is 20.2 Å². The van der Waals surface area contributed by atoms with Crippen molar-refractivity contribution >= 4 is 22.6 Å². The van der Waals surface area contributed by atoms with Gasteiger partial charge in [0.2, 0.25) is 0 Å². The zero-order valence-corrected chi connectivity index (χ0v) is 18.5. The first kappa shape index (κ1) is 22.1. The van der Waals surface area contributed by atoms with Crippen molar-refractivity contribution in [2.75, 3.05) is 18.4 Å². The van der Waals surface area contributed by atoms with Crippen molar-refractivity contribution in [3.8, 4) is 11.1 Å². The number of halogens is 2. The van der Waals surface area contributed by atoms with Gasteiger partial charge in [0.25, 0.3) is 12.3 Å². The van der Waals surface area contributed by atoms with Gasteiger partial charge in [-0.05, 0) is 55.8 Å². The molecular formula is C27H24F2N4O. The first-order valence-electron chi connectivity index (χ1n) is 11.3. The highest BCUT2D eigenvalue weighted by Crippen LogP contribution is 2.30. The van der Waals surface area contributed by atoms with Crippen LogP contribution in [0.5, 0.6) is 0 Å². The summed E-state index contributed by atoms with van der Waals surface area (Å²) in [5.41, 5.74) is 3.00. The fraction of sp³-hybridized carbons (Fsp3) is 0.222. The molecule has 3 heterocycles. The third kappa shape index (κ3) is 4.79. The minimum atomic E-state index is -2.56. The molecule has 0 atom stereocenters. The molecule has 4 aromatic rings. The molecule has 172 valence electrons. The lowest BCUT2D eigenvalue weighted by molar-refractivity contribution is 0.102. The van der Waals surface area contributed by atoms with Gasteiger partial charge >= 0.3 is 0 Å². The molecule has 2 aromatic heterocycles. The summed E-state index contributed by atoms with van der Waals surface area (Å²) >= 11 is 0. The highest BCUT2D eigenvalue weighted by Gasteiger charge is 2.15. The monoisotopic (exact) mass is 458 g/mol. The number of hydrogen-bond donors (Lipinski definition) is 1. The van der Waals surface area contributed by atoms with E-state index in [9.17, 15) is 13.6 Å². The minimum Gasteiger partial charge on any atom is -0.305 e. The number of likely N-dealkylation sites (tertiary alicyclic amines) is 1. The van der Waals surface area contributed by atoms with Gasteiger partial charge in [0.15, 0.2) is 0 Å². The largest absolute Gasteiger partial charge is 0.305 e. The van der Waals surface area contributed by atoms with E-state index in [4.69, 9.17) is 0 Å². The number of nitrogens with zero attached hydrogens (tertiary/aromatic N) is 3. The van der Waals surface area contributed by atoms with Crippen LogP contribution in [-0.2, 0) is 6.54 Å². The summed E-state index contributed by atoms with van der Waals surface area (Å²) in [7, 11) is 0. The Morgan fingerprint density at radius 2 is 1.74 bits per heavy atom. The number of benzene rings is 2. The molecule has 1 aliphatic rings. The molecule has 7 heteroatoms. The topological polar surface area (TPSA) is 58.1 Å². The SMILES string of the molecule is O=C(Nc1cccc(CN2CCCC2)n1)c1ccc2cccc(-c3cccc(C(F)F)c3)c2n1. The predicted molar refractivity (Wildman–Crippen MR) is 129 cm³/mol. The standard InChI is InChI=1S/C27H24F2N4O/c28-26(29)20-8-3-7-19(16-20)22-10-4-6-18-12-13-23(31-25(18)22)27(34)32-24-11-5-9-21(30-24)17-33-14-1-2-15-33/h3-13,16,26H,1-2,14-15,17H2,(H,30,32,34). The van der Waals surface area contributed by atoms with Gasteiger partial charge < -0.3 is 5.32 Å². The number of hydrogen-bond acceptors (Lipinski definition) is 4. The molecule has 1 N–H and O–H groups in total. The molecular weight excluding hydrogens is 434 g/mol. The van der Waals surface area contributed by atoms with Crippen LogP contribution in [0.25, 0.3) is 22.0 Å². The number of carbonyl (C=O) groups is 1. The van der Waals surface area contributed by atoms with E-state index in [1.807, 2.05) is 36.4 Å². The van der Waals surface area contributed by atoms with Crippen LogP contribution in [0.15, 0.2) is 72.8 Å². The molecule has 0 unspecified atom stereocenters.